The minimum Gasteiger partial charge on any atom is -0.668 e. The van der Waals surface area contributed by atoms with Crippen LogP contribution < -0.4 is 0 Å². The Kier molecular flexibility index (Phi) is 125. The molecule has 3 radical (unpaired) electrons. The molecule has 0 unspecified atom stereocenters. The van der Waals surface area contributed by atoms with Gasteiger partial charge in [-0.1, -0.05) is 0 Å². The maximum atomic E-state index is 3.50. The molecule has 4 heteroatoms. The third kappa shape index (κ3) is 1800. The number of rotatable bonds is 0. The van der Waals surface area contributed by atoms with E-state index >= 15 is 0 Å². The zero-order valence-corrected chi connectivity index (χ0v) is 10.3. The molecule has 0 fully saturated rings. The molecule has 0 aromatic heterocycles. The molecule has 0 spiro atoms. The molecule has 0 atom stereocenters. The predicted octanol–water partition coefficient (Wildman–Crippen LogP) is 1.48. The van der Waals surface area contributed by atoms with Gasteiger partial charge in [-0.2, -0.15) is 42.3 Å². The Hall–Kier alpha value is 0.516. The molecule has 0 aromatic rings. The first-order chi connectivity index (χ1) is 4.24. The fraction of sp³-hybridized carbons (Fsp3) is 1.00. The fourth-order valence-electron chi connectivity index (χ4n) is 0. The van der Waals surface area contributed by atoms with Gasteiger partial charge in [0.15, 0.2) is 0 Å². The Balaban J connectivity index is -0.0000000257. The topological polar surface area (TPSA) is 42.3 Å². The van der Waals surface area contributed by atoms with Gasteiger partial charge in [-0.3, -0.25) is 0 Å². The van der Waals surface area contributed by atoms with Crippen molar-refractivity contribution in [3.63, 3.8) is 0 Å². The molecule has 0 saturated heterocycles. The van der Waals surface area contributed by atoms with Gasteiger partial charge < -0.3 is 16.0 Å². The fourth-order valence-corrected chi connectivity index (χ4v) is 0. The van der Waals surface area contributed by atoms with E-state index in [1.54, 1.807) is 42.3 Å². The second-order valence-electron chi connectivity index (χ2n) is 1.34. The largest absolute Gasteiger partial charge is 0.668 e. The summed E-state index contributed by atoms with van der Waals surface area (Å²) in [5.74, 6) is 0. The third-order valence-corrected chi connectivity index (χ3v) is 0. The molecule has 10 heavy (non-hydrogen) atoms. The van der Waals surface area contributed by atoms with Crippen LogP contribution in [0.5, 0.6) is 0 Å². The molecule has 63 valence electrons. The Morgan fingerprint density at radius 1 is 0.500 bits per heavy atom. The van der Waals surface area contributed by atoms with E-state index in [0.717, 1.165) is 0 Å². The van der Waals surface area contributed by atoms with Crippen molar-refractivity contribution in [3.8, 4) is 0 Å². The van der Waals surface area contributed by atoms with Gasteiger partial charge in [0, 0.05) is 19.8 Å². The summed E-state index contributed by atoms with van der Waals surface area (Å²) in [6, 6.07) is 0. The van der Waals surface area contributed by atoms with Crippen molar-refractivity contribution in [2.75, 3.05) is 42.3 Å². The summed E-state index contributed by atoms with van der Waals surface area (Å²) < 4.78 is 0. The minimum atomic E-state index is 0. The summed E-state index contributed by atoms with van der Waals surface area (Å²) in [6.45, 7) is 0. The second kappa shape index (κ2) is 55.8. The van der Waals surface area contributed by atoms with E-state index < -0.39 is 0 Å². The molecular weight excluding hydrogens is 184 g/mol. The van der Waals surface area contributed by atoms with Gasteiger partial charge in [-0.05, 0) is 0 Å². The first-order valence-corrected chi connectivity index (χ1v) is 2.68. The van der Waals surface area contributed by atoms with Crippen molar-refractivity contribution in [2.24, 2.45) is 0 Å². The van der Waals surface area contributed by atoms with Crippen molar-refractivity contribution in [1.29, 1.82) is 0 Å². The van der Waals surface area contributed by atoms with E-state index in [-0.39, 0.29) is 19.8 Å². The molecule has 0 aromatic carbocycles. The van der Waals surface area contributed by atoms with Gasteiger partial charge in [-0.25, -0.2) is 0 Å². The van der Waals surface area contributed by atoms with Crippen LogP contribution in [-0.4, -0.2) is 62.1 Å². The van der Waals surface area contributed by atoms with E-state index in [1.165, 1.54) is 0 Å². The molecule has 0 amide bonds. The average molecular weight is 202 g/mol. The van der Waals surface area contributed by atoms with Crippen LogP contribution in [0, 0.1) is 0 Å². The molecule has 0 N–H and O–H groups in total. The molecule has 0 aliphatic heterocycles. The van der Waals surface area contributed by atoms with E-state index in [9.17, 15) is 0 Å². The van der Waals surface area contributed by atoms with Crippen LogP contribution in [0.15, 0.2) is 0 Å². The van der Waals surface area contributed by atoms with Crippen LogP contribution in [0.4, 0.5) is 0 Å². The summed E-state index contributed by atoms with van der Waals surface area (Å²) in [5, 5.41) is 10.5. The standard InChI is InChI=1S/3C2H6N.Ga/c3*1-3-2;/h3*1-2H3;/q3*-1;. The molecule has 0 heterocycles. The summed E-state index contributed by atoms with van der Waals surface area (Å²) >= 11 is 0. The summed E-state index contributed by atoms with van der Waals surface area (Å²) in [6.07, 6.45) is 0. The van der Waals surface area contributed by atoms with E-state index in [2.05, 4.69) is 16.0 Å². The Labute approximate surface area is 78.4 Å². The molecule has 0 bridgehead atoms. The van der Waals surface area contributed by atoms with Gasteiger partial charge in [0.2, 0.25) is 0 Å². The summed E-state index contributed by atoms with van der Waals surface area (Å²) in [7, 11) is 10.5. The first-order valence-electron chi connectivity index (χ1n) is 2.68. The van der Waals surface area contributed by atoms with Crippen molar-refractivity contribution >= 4 is 19.8 Å². The van der Waals surface area contributed by atoms with Crippen LogP contribution >= 0.6 is 0 Å². The Morgan fingerprint density at radius 2 is 0.500 bits per heavy atom. The van der Waals surface area contributed by atoms with Crippen molar-refractivity contribution in [2.45, 2.75) is 0 Å². The molecule has 3 nitrogen and oxygen atoms in total. The monoisotopic (exact) mass is 201 g/mol. The third-order valence-electron chi connectivity index (χ3n) is 0. The molecule has 0 aliphatic rings. The number of hydrogen-bond acceptors (Lipinski definition) is 0. The van der Waals surface area contributed by atoms with Crippen LogP contribution in [0.1, 0.15) is 0 Å². The summed E-state index contributed by atoms with van der Waals surface area (Å²) in [5.41, 5.74) is 0. The second-order valence-corrected chi connectivity index (χ2v) is 1.34. The van der Waals surface area contributed by atoms with Gasteiger partial charge in [-0.15, -0.1) is 0 Å². The molecule has 0 rings (SSSR count). The molecule has 0 saturated carbocycles. The van der Waals surface area contributed by atoms with Crippen LogP contribution in [0.3, 0.4) is 0 Å². The SMILES string of the molecule is C[N-]C.C[N-]C.C[N-]C.[Ga]. The molecule has 0 aliphatic carbocycles. The first kappa shape index (κ1) is 22.4. The zero-order valence-electron chi connectivity index (χ0n) is 7.92. The van der Waals surface area contributed by atoms with Gasteiger partial charge in [0.1, 0.15) is 0 Å². The van der Waals surface area contributed by atoms with Crippen molar-refractivity contribution < 1.29 is 0 Å². The zero-order chi connectivity index (χ0) is 8.12. The predicted molar refractivity (Wildman–Crippen MR) is 51.4 cm³/mol. The van der Waals surface area contributed by atoms with Crippen LogP contribution in [0.2, 0.25) is 0 Å². The smallest absolute Gasteiger partial charge is 0 e. The normalized spacial score (nSPS) is 5.40. The van der Waals surface area contributed by atoms with E-state index in [0.29, 0.717) is 0 Å². The Bertz CT molecular complexity index is 17.7. The minimum absolute atomic E-state index is 0. The number of nitrogens with zero attached hydrogens (tertiary/aromatic N) is 3. The van der Waals surface area contributed by atoms with Crippen LogP contribution in [-0.2, 0) is 0 Å². The quantitative estimate of drug-likeness (QED) is 0.534. The summed E-state index contributed by atoms with van der Waals surface area (Å²) in [4.78, 5) is 0. The van der Waals surface area contributed by atoms with Crippen LogP contribution in [0.25, 0.3) is 16.0 Å². The van der Waals surface area contributed by atoms with Gasteiger partial charge in [0.05, 0.1) is 0 Å². The van der Waals surface area contributed by atoms with Crippen molar-refractivity contribution in [1.82, 2.24) is 0 Å². The molecular formula is C6H18GaN3-3. The average Bonchev–Trinajstić information content (AvgIpc) is 1.70. The van der Waals surface area contributed by atoms with Gasteiger partial charge in [0.25, 0.3) is 0 Å². The van der Waals surface area contributed by atoms with E-state index in [1.807, 2.05) is 0 Å². The van der Waals surface area contributed by atoms with Crippen molar-refractivity contribution in [3.05, 3.63) is 16.0 Å². The maximum Gasteiger partial charge on any atom is 0 e. The number of hydrogen-bond donors (Lipinski definition) is 0. The van der Waals surface area contributed by atoms with Gasteiger partial charge >= 0.3 is 0 Å². The van der Waals surface area contributed by atoms with E-state index in [4.69, 9.17) is 0 Å². The maximum absolute atomic E-state index is 3.50. The Morgan fingerprint density at radius 3 is 0.500 bits per heavy atom.